The van der Waals surface area contributed by atoms with Crippen molar-refractivity contribution < 1.29 is 24.2 Å². The highest BCUT2D eigenvalue weighted by molar-refractivity contribution is 5.92. The van der Waals surface area contributed by atoms with E-state index in [4.69, 9.17) is 9.84 Å². The van der Waals surface area contributed by atoms with Crippen molar-refractivity contribution in [1.82, 2.24) is 10.2 Å². The minimum absolute atomic E-state index is 0.189. The normalized spacial score (nSPS) is 19.7. The monoisotopic (exact) mass is 272 g/mol. The second-order valence-corrected chi connectivity index (χ2v) is 5.56. The summed E-state index contributed by atoms with van der Waals surface area (Å²) in [5.41, 5.74) is -0.590. The molecule has 1 atom stereocenters. The van der Waals surface area contributed by atoms with Crippen molar-refractivity contribution in [2.75, 3.05) is 13.1 Å². The third-order valence-electron chi connectivity index (χ3n) is 2.67. The van der Waals surface area contributed by atoms with Crippen LogP contribution >= 0.6 is 0 Å². The summed E-state index contributed by atoms with van der Waals surface area (Å²) in [7, 11) is 0. The molecule has 1 heterocycles. The van der Waals surface area contributed by atoms with Gasteiger partial charge in [0.2, 0.25) is 5.91 Å². The minimum atomic E-state index is -1.38. The van der Waals surface area contributed by atoms with Gasteiger partial charge < -0.3 is 14.7 Å². The SMILES string of the molecule is CC(C)(C)OC(=O)N1CCCC(C(=O)NC(=O)O)C1. The van der Waals surface area contributed by atoms with E-state index in [0.717, 1.165) is 0 Å². The summed E-state index contributed by atoms with van der Waals surface area (Å²) in [6, 6.07) is 0. The van der Waals surface area contributed by atoms with E-state index in [2.05, 4.69) is 0 Å². The summed E-state index contributed by atoms with van der Waals surface area (Å²) in [4.78, 5) is 35.3. The second kappa shape index (κ2) is 5.90. The number of likely N-dealkylation sites (tertiary alicyclic amines) is 1. The predicted octanol–water partition coefficient (Wildman–Crippen LogP) is 1.43. The number of hydrogen-bond donors (Lipinski definition) is 2. The number of piperidine rings is 1. The fraction of sp³-hybridized carbons (Fsp3) is 0.750. The number of imide groups is 1. The first-order valence-corrected chi connectivity index (χ1v) is 6.21. The molecule has 0 aliphatic carbocycles. The number of ether oxygens (including phenoxy) is 1. The first-order chi connectivity index (χ1) is 8.69. The summed E-state index contributed by atoms with van der Waals surface area (Å²) in [6.45, 7) is 6.01. The van der Waals surface area contributed by atoms with Crippen LogP contribution in [0.3, 0.4) is 0 Å². The summed E-state index contributed by atoms with van der Waals surface area (Å²) in [5.74, 6) is -1.07. The number of rotatable bonds is 1. The minimum Gasteiger partial charge on any atom is -0.465 e. The Bertz CT molecular complexity index is 375. The average molecular weight is 272 g/mol. The largest absolute Gasteiger partial charge is 0.465 e. The van der Waals surface area contributed by atoms with E-state index in [1.54, 1.807) is 20.8 Å². The molecule has 1 fully saturated rings. The molecule has 108 valence electrons. The Balaban J connectivity index is 2.57. The van der Waals surface area contributed by atoms with Gasteiger partial charge in [0.05, 0.1) is 5.92 Å². The molecule has 19 heavy (non-hydrogen) atoms. The topological polar surface area (TPSA) is 95.9 Å². The Labute approximate surface area is 111 Å². The Hall–Kier alpha value is -1.79. The maximum atomic E-state index is 11.9. The smallest absolute Gasteiger partial charge is 0.411 e. The molecule has 0 aromatic carbocycles. The first kappa shape index (κ1) is 15.3. The lowest BCUT2D eigenvalue weighted by atomic mass is 9.97. The van der Waals surface area contributed by atoms with Crippen molar-refractivity contribution in [3.63, 3.8) is 0 Å². The zero-order chi connectivity index (χ0) is 14.6. The van der Waals surface area contributed by atoms with Crippen LogP contribution in [0.4, 0.5) is 9.59 Å². The molecular weight excluding hydrogens is 252 g/mol. The van der Waals surface area contributed by atoms with E-state index in [-0.39, 0.29) is 6.54 Å². The lowest BCUT2D eigenvalue weighted by molar-refractivity contribution is -0.125. The molecule has 1 aliphatic rings. The lowest BCUT2D eigenvalue weighted by Crippen LogP contribution is -2.47. The van der Waals surface area contributed by atoms with Crippen molar-refractivity contribution in [2.45, 2.75) is 39.2 Å². The van der Waals surface area contributed by atoms with E-state index >= 15 is 0 Å². The lowest BCUT2D eigenvalue weighted by Gasteiger charge is -2.33. The number of carboxylic acid groups (broad SMARTS) is 1. The van der Waals surface area contributed by atoms with Crippen molar-refractivity contribution in [2.24, 2.45) is 5.92 Å². The maximum Gasteiger partial charge on any atom is 0.411 e. The molecule has 3 amide bonds. The fourth-order valence-corrected chi connectivity index (χ4v) is 1.89. The average Bonchev–Trinajstić information content (AvgIpc) is 2.26. The number of carbonyl (C=O) groups is 3. The molecule has 0 aromatic rings. The van der Waals surface area contributed by atoms with Crippen molar-refractivity contribution in [1.29, 1.82) is 0 Å². The Kier molecular flexibility index (Phi) is 4.74. The van der Waals surface area contributed by atoms with Crippen LogP contribution in [-0.4, -0.2) is 46.8 Å². The molecular formula is C12H20N2O5. The van der Waals surface area contributed by atoms with E-state index in [1.165, 1.54) is 4.90 Å². The standard InChI is InChI=1S/C12H20N2O5/c1-12(2,3)19-11(18)14-6-4-5-8(7-14)9(15)13-10(16)17/h8H,4-7H2,1-3H3,(H,13,15)(H,16,17). The summed E-state index contributed by atoms with van der Waals surface area (Å²) < 4.78 is 5.23. The Morgan fingerprint density at radius 3 is 2.47 bits per heavy atom. The molecule has 1 unspecified atom stereocenters. The molecule has 2 N–H and O–H groups in total. The van der Waals surface area contributed by atoms with Crippen LogP contribution in [0.1, 0.15) is 33.6 Å². The third kappa shape index (κ3) is 5.15. The van der Waals surface area contributed by atoms with Crippen LogP contribution in [0.5, 0.6) is 0 Å². The van der Waals surface area contributed by atoms with Gasteiger partial charge >= 0.3 is 12.2 Å². The van der Waals surface area contributed by atoms with E-state index in [0.29, 0.717) is 19.4 Å². The van der Waals surface area contributed by atoms with Crippen LogP contribution in [0, 0.1) is 5.92 Å². The van der Waals surface area contributed by atoms with Gasteiger partial charge in [-0.25, -0.2) is 9.59 Å². The molecule has 1 saturated heterocycles. The van der Waals surface area contributed by atoms with Gasteiger partial charge in [0.25, 0.3) is 0 Å². The van der Waals surface area contributed by atoms with Crippen molar-refractivity contribution in [3.8, 4) is 0 Å². The molecule has 1 rings (SSSR count). The van der Waals surface area contributed by atoms with Gasteiger partial charge in [-0.05, 0) is 33.6 Å². The van der Waals surface area contributed by atoms with Gasteiger partial charge in [-0.1, -0.05) is 0 Å². The zero-order valence-corrected chi connectivity index (χ0v) is 11.4. The quantitative estimate of drug-likeness (QED) is 0.752. The summed E-state index contributed by atoms with van der Waals surface area (Å²) in [5, 5.41) is 10.3. The fourth-order valence-electron chi connectivity index (χ4n) is 1.89. The van der Waals surface area contributed by atoms with Crippen LogP contribution in [0.2, 0.25) is 0 Å². The molecule has 7 heteroatoms. The predicted molar refractivity (Wildman–Crippen MR) is 66.7 cm³/mol. The number of carbonyl (C=O) groups excluding carboxylic acids is 2. The summed E-state index contributed by atoms with van der Waals surface area (Å²) >= 11 is 0. The van der Waals surface area contributed by atoms with E-state index in [1.807, 2.05) is 5.32 Å². The first-order valence-electron chi connectivity index (χ1n) is 6.21. The number of nitrogens with one attached hydrogen (secondary N) is 1. The van der Waals surface area contributed by atoms with Gasteiger partial charge in [-0.2, -0.15) is 0 Å². The van der Waals surface area contributed by atoms with E-state index in [9.17, 15) is 14.4 Å². The van der Waals surface area contributed by atoms with Gasteiger partial charge in [0.15, 0.2) is 0 Å². The molecule has 0 aromatic heterocycles. The highest BCUT2D eigenvalue weighted by atomic mass is 16.6. The summed E-state index contributed by atoms with van der Waals surface area (Å²) in [6.07, 6.45) is -0.630. The molecule has 0 bridgehead atoms. The Morgan fingerprint density at radius 2 is 1.95 bits per heavy atom. The third-order valence-corrected chi connectivity index (χ3v) is 2.67. The highest BCUT2D eigenvalue weighted by Gasteiger charge is 2.31. The molecule has 0 spiro atoms. The van der Waals surface area contributed by atoms with Crippen LogP contribution in [0.15, 0.2) is 0 Å². The number of hydrogen-bond acceptors (Lipinski definition) is 4. The van der Waals surface area contributed by atoms with Gasteiger partial charge in [-0.3, -0.25) is 10.1 Å². The van der Waals surface area contributed by atoms with Gasteiger partial charge in [0.1, 0.15) is 5.60 Å². The van der Waals surface area contributed by atoms with Gasteiger partial charge in [-0.15, -0.1) is 0 Å². The molecule has 1 aliphatic heterocycles. The number of nitrogens with zero attached hydrogens (tertiary/aromatic N) is 1. The van der Waals surface area contributed by atoms with Crippen molar-refractivity contribution >= 4 is 18.1 Å². The highest BCUT2D eigenvalue weighted by Crippen LogP contribution is 2.19. The maximum absolute atomic E-state index is 11.9. The Morgan fingerprint density at radius 1 is 1.32 bits per heavy atom. The van der Waals surface area contributed by atoms with Gasteiger partial charge in [0, 0.05) is 13.1 Å². The second-order valence-electron chi connectivity index (χ2n) is 5.56. The van der Waals surface area contributed by atoms with Crippen molar-refractivity contribution in [3.05, 3.63) is 0 Å². The van der Waals surface area contributed by atoms with Crippen LogP contribution in [0.25, 0.3) is 0 Å². The zero-order valence-electron chi connectivity index (χ0n) is 11.4. The molecule has 0 saturated carbocycles. The van der Waals surface area contributed by atoms with Crippen LogP contribution < -0.4 is 5.32 Å². The van der Waals surface area contributed by atoms with E-state index < -0.39 is 29.6 Å². The number of amides is 3. The molecule has 7 nitrogen and oxygen atoms in total. The molecule has 0 radical (unpaired) electrons. The van der Waals surface area contributed by atoms with Crippen LogP contribution in [-0.2, 0) is 9.53 Å².